The Kier molecular flexibility index (Phi) is 24.2. The average molecular weight is 909 g/mol. The number of unbranched alkanes of at least 4 members (excludes halogenated alkanes) is 4. The number of alkyl halides is 6. The fourth-order valence-corrected chi connectivity index (χ4v) is 5.96. The summed E-state index contributed by atoms with van der Waals surface area (Å²) in [5.74, 6) is -1.07. The Morgan fingerprint density at radius 3 is 1.73 bits per heavy atom. The molecule has 1 aromatic heterocycles. The third-order valence-corrected chi connectivity index (χ3v) is 9.12. The van der Waals surface area contributed by atoms with Gasteiger partial charge in [-0.25, -0.2) is 9.63 Å². The number of ether oxygens (including phenoxy) is 3. The normalized spacial score (nSPS) is 13.5. The molecule has 0 amide bonds. The Bertz CT molecular complexity index is 1810. The zero-order valence-electron chi connectivity index (χ0n) is 37.8. The van der Waals surface area contributed by atoms with Crippen LogP contribution >= 0.6 is 11.8 Å². The summed E-state index contributed by atoms with van der Waals surface area (Å²) in [5, 5.41) is 3.09. The van der Waals surface area contributed by atoms with Crippen LogP contribution in [0.15, 0.2) is 65.7 Å². The van der Waals surface area contributed by atoms with Gasteiger partial charge in [-0.3, -0.25) is 18.7 Å². The Morgan fingerprint density at radius 1 is 0.742 bits per heavy atom. The minimum absolute atomic E-state index is 0.0744. The summed E-state index contributed by atoms with van der Waals surface area (Å²) in [4.78, 5) is 40.0. The molecule has 352 valence electrons. The standard InChI is InChI=1S/C22H29F3N2O3.C18H26F3NO3.C5H12ClN/c1-5-6-7-11-26-12-13-27(20(26)29)18(15-19(28)30-21(2,3)4)16-9-8-10-17(14-16)22(23,24)25;1-12(24-5)11-22-15(10-16(23)25-17(2,3)4)13-7-6-8-14(9-13)18(19,20)21;1-2-3-4-5-7-6/h8-10,12-14,18H,5-7,11,15H2,1-4H3;6-9,12,15,22H,10-11H2,1-5H3;7H,2-5H2,1H3/t;12?,15-;/m.0./s1. The van der Waals surface area contributed by atoms with E-state index in [1.807, 2.05) is 6.92 Å². The number of nitrogens with zero attached hydrogens (tertiary/aromatic N) is 2. The monoisotopic (exact) mass is 908 g/mol. The van der Waals surface area contributed by atoms with Crippen molar-refractivity contribution in [1.82, 2.24) is 19.3 Å². The first-order valence-electron chi connectivity index (χ1n) is 20.9. The molecular formula is C45H67ClF6N4O6. The topological polar surface area (TPSA) is 113 Å². The fourth-order valence-electron chi connectivity index (χ4n) is 5.83. The number of imidazole rings is 1. The molecule has 62 heavy (non-hydrogen) atoms. The van der Waals surface area contributed by atoms with Gasteiger partial charge < -0.3 is 19.5 Å². The summed E-state index contributed by atoms with van der Waals surface area (Å²) in [6.07, 6.45) is 0.207. The van der Waals surface area contributed by atoms with E-state index in [-0.39, 0.29) is 30.2 Å². The number of benzene rings is 2. The molecule has 10 nitrogen and oxygen atoms in total. The second kappa shape index (κ2) is 26.7. The largest absolute Gasteiger partial charge is 0.460 e. The second-order valence-electron chi connectivity index (χ2n) is 16.8. The number of nitrogens with one attached hydrogen (secondary N) is 2. The number of methoxy groups -OCH3 is 1. The molecule has 0 radical (unpaired) electrons. The summed E-state index contributed by atoms with van der Waals surface area (Å²) >= 11 is 5.19. The van der Waals surface area contributed by atoms with Crippen LogP contribution in [0.2, 0.25) is 0 Å². The van der Waals surface area contributed by atoms with E-state index >= 15 is 0 Å². The van der Waals surface area contributed by atoms with Crippen molar-refractivity contribution < 1.29 is 50.1 Å². The molecule has 0 saturated carbocycles. The van der Waals surface area contributed by atoms with Gasteiger partial charge in [0.05, 0.1) is 36.1 Å². The Morgan fingerprint density at radius 2 is 1.24 bits per heavy atom. The lowest BCUT2D eigenvalue weighted by molar-refractivity contribution is -0.156. The van der Waals surface area contributed by atoms with Crippen molar-refractivity contribution in [3.05, 3.63) is 93.7 Å². The van der Waals surface area contributed by atoms with Crippen molar-refractivity contribution in [2.45, 2.75) is 162 Å². The quantitative estimate of drug-likeness (QED) is 0.0529. The molecule has 1 heterocycles. The molecule has 3 atom stereocenters. The number of carbonyl (C=O) groups is 2. The first-order valence-corrected chi connectivity index (χ1v) is 21.3. The van der Waals surface area contributed by atoms with Crippen LogP contribution in [-0.4, -0.2) is 58.6 Å². The predicted molar refractivity (Wildman–Crippen MR) is 231 cm³/mol. The van der Waals surface area contributed by atoms with Gasteiger partial charge in [-0.05, 0) is 108 Å². The summed E-state index contributed by atoms with van der Waals surface area (Å²) in [7, 11) is 1.54. The summed E-state index contributed by atoms with van der Waals surface area (Å²) in [5.41, 5.74) is -2.74. The van der Waals surface area contributed by atoms with Crippen LogP contribution in [-0.2, 0) is 42.7 Å². The molecule has 0 bridgehead atoms. The van der Waals surface area contributed by atoms with Crippen molar-refractivity contribution in [2.75, 3.05) is 20.2 Å². The van der Waals surface area contributed by atoms with Gasteiger partial charge in [0.1, 0.15) is 11.2 Å². The molecule has 3 aromatic rings. The number of hydrogen-bond donors (Lipinski definition) is 2. The van der Waals surface area contributed by atoms with Gasteiger partial charge in [-0.1, -0.05) is 63.8 Å². The van der Waals surface area contributed by atoms with Gasteiger partial charge in [0.2, 0.25) is 0 Å². The van der Waals surface area contributed by atoms with Crippen molar-refractivity contribution in [3.8, 4) is 0 Å². The van der Waals surface area contributed by atoms with E-state index in [0.717, 1.165) is 50.1 Å². The summed E-state index contributed by atoms with van der Waals surface area (Å²) < 4.78 is 97.1. The molecule has 0 aliphatic heterocycles. The van der Waals surface area contributed by atoms with Crippen LogP contribution < -0.4 is 15.8 Å². The van der Waals surface area contributed by atoms with E-state index in [4.69, 9.17) is 26.0 Å². The van der Waals surface area contributed by atoms with Crippen LogP contribution in [0, 0.1) is 0 Å². The highest BCUT2D eigenvalue weighted by Gasteiger charge is 2.33. The fraction of sp³-hybridized carbons (Fsp3) is 0.622. The highest BCUT2D eigenvalue weighted by molar-refractivity contribution is 6.13. The van der Waals surface area contributed by atoms with Crippen molar-refractivity contribution in [3.63, 3.8) is 0 Å². The highest BCUT2D eigenvalue weighted by Crippen LogP contribution is 2.33. The SMILES string of the molecule is CCCCCNCl.CCCCCn1ccn(C(CC(=O)OC(C)(C)C)c2cccc(C(F)(F)F)c2)c1=O.COC(C)CN[C@@H](CC(=O)OC(C)(C)C)c1cccc(C(F)(F)F)c1. The molecular weight excluding hydrogens is 842 g/mol. The second-order valence-corrected chi connectivity index (χ2v) is 17.1. The Balaban J connectivity index is 0.000000544. The first-order chi connectivity index (χ1) is 28.8. The molecule has 0 fully saturated rings. The zero-order valence-corrected chi connectivity index (χ0v) is 38.5. The number of esters is 2. The maximum atomic E-state index is 13.2. The number of carbonyl (C=O) groups excluding carboxylic acids is 2. The predicted octanol–water partition coefficient (Wildman–Crippen LogP) is 11.2. The maximum Gasteiger partial charge on any atom is 0.416 e. The van der Waals surface area contributed by atoms with E-state index in [9.17, 15) is 40.7 Å². The van der Waals surface area contributed by atoms with Crippen LogP contribution in [0.25, 0.3) is 0 Å². The minimum atomic E-state index is -4.52. The maximum absolute atomic E-state index is 13.2. The summed E-state index contributed by atoms with van der Waals surface area (Å²) in [6, 6.07) is 8.18. The lowest BCUT2D eigenvalue weighted by Crippen LogP contribution is -2.33. The van der Waals surface area contributed by atoms with Gasteiger partial charge in [0, 0.05) is 45.2 Å². The lowest BCUT2D eigenvalue weighted by Gasteiger charge is -2.24. The third-order valence-electron chi connectivity index (χ3n) is 8.93. The van der Waals surface area contributed by atoms with Gasteiger partial charge in [0.25, 0.3) is 0 Å². The van der Waals surface area contributed by atoms with Crippen molar-refractivity contribution in [2.24, 2.45) is 0 Å². The molecule has 2 unspecified atom stereocenters. The number of halogens is 7. The Hall–Kier alpha value is -3.86. The molecule has 0 aliphatic carbocycles. The molecule has 3 rings (SSSR count). The van der Waals surface area contributed by atoms with Crippen LogP contribution in [0.3, 0.4) is 0 Å². The van der Waals surface area contributed by atoms with Crippen LogP contribution in [0.4, 0.5) is 26.3 Å². The van der Waals surface area contributed by atoms with Gasteiger partial charge in [0.15, 0.2) is 0 Å². The molecule has 0 spiro atoms. The number of aromatic nitrogens is 2. The molecule has 17 heteroatoms. The Labute approximate surface area is 368 Å². The molecule has 0 saturated heterocycles. The zero-order chi connectivity index (χ0) is 47.3. The van der Waals surface area contributed by atoms with Crippen molar-refractivity contribution >= 4 is 23.7 Å². The van der Waals surface area contributed by atoms with Crippen LogP contribution in [0.5, 0.6) is 0 Å². The van der Waals surface area contributed by atoms with Crippen LogP contribution in [0.1, 0.15) is 148 Å². The van der Waals surface area contributed by atoms with Gasteiger partial charge in [-0.2, -0.15) is 26.3 Å². The smallest absolute Gasteiger partial charge is 0.416 e. The minimum Gasteiger partial charge on any atom is -0.460 e. The van der Waals surface area contributed by atoms with E-state index < -0.39 is 58.7 Å². The number of rotatable bonds is 19. The van der Waals surface area contributed by atoms with Gasteiger partial charge >= 0.3 is 30.0 Å². The summed E-state index contributed by atoms with van der Waals surface area (Å²) in [6.45, 7) is 18.2. The highest BCUT2D eigenvalue weighted by atomic mass is 35.5. The van der Waals surface area contributed by atoms with E-state index in [1.54, 1.807) is 60.9 Å². The van der Waals surface area contributed by atoms with E-state index in [2.05, 4.69) is 24.0 Å². The van der Waals surface area contributed by atoms with E-state index in [1.165, 1.54) is 52.8 Å². The number of hydrogen-bond acceptors (Lipinski definition) is 8. The molecule has 0 aliphatic rings. The van der Waals surface area contributed by atoms with E-state index in [0.29, 0.717) is 18.7 Å². The first kappa shape index (κ1) is 56.2. The van der Waals surface area contributed by atoms with Crippen molar-refractivity contribution in [1.29, 1.82) is 0 Å². The number of aryl methyl sites for hydroxylation is 1. The lowest BCUT2D eigenvalue weighted by atomic mass is 10.0. The average Bonchev–Trinajstić information content (AvgIpc) is 3.53. The van der Waals surface area contributed by atoms with Gasteiger partial charge in [-0.15, -0.1) is 0 Å². The third kappa shape index (κ3) is 22.5. The molecule has 2 N–H and O–H groups in total. The molecule has 2 aromatic carbocycles.